The summed E-state index contributed by atoms with van der Waals surface area (Å²) in [5.41, 5.74) is 0.703. The number of esters is 1. The SMILES string of the molecule is CCOC(=O)C1=C(c2cccs2)O[C@@H]2C=CC[C@H]12. The molecule has 0 fully saturated rings. The lowest BCUT2D eigenvalue weighted by atomic mass is 9.96. The highest BCUT2D eigenvalue weighted by molar-refractivity contribution is 7.11. The van der Waals surface area contributed by atoms with E-state index < -0.39 is 0 Å². The van der Waals surface area contributed by atoms with Crippen LogP contribution >= 0.6 is 11.3 Å². The van der Waals surface area contributed by atoms with Gasteiger partial charge in [0, 0.05) is 5.92 Å². The molecule has 0 bridgehead atoms. The Morgan fingerprint density at radius 3 is 3.22 bits per heavy atom. The standard InChI is InChI=1S/C14H14O3S/c1-2-16-14(15)12-9-5-3-6-10(9)17-13(12)11-7-4-8-18-11/h3-4,6-10H,2,5H2,1H3/t9-,10+/m0/s1. The van der Waals surface area contributed by atoms with Crippen molar-refractivity contribution in [2.24, 2.45) is 5.92 Å². The second kappa shape index (κ2) is 4.61. The third-order valence-electron chi connectivity index (χ3n) is 3.22. The lowest BCUT2D eigenvalue weighted by Gasteiger charge is -2.10. The summed E-state index contributed by atoms with van der Waals surface area (Å²) in [4.78, 5) is 13.1. The summed E-state index contributed by atoms with van der Waals surface area (Å²) in [5.74, 6) is 0.598. The molecule has 0 spiro atoms. The van der Waals surface area contributed by atoms with Gasteiger partial charge in [-0.05, 0) is 30.9 Å². The van der Waals surface area contributed by atoms with Gasteiger partial charge in [0.05, 0.1) is 17.1 Å². The zero-order chi connectivity index (χ0) is 12.5. The molecule has 2 heterocycles. The molecule has 2 aliphatic rings. The molecule has 18 heavy (non-hydrogen) atoms. The summed E-state index contributed by atoms with van der Waals surface area (Å²) in [6, 6.07) is 3.94. The molecule has 0 saturated heterocycles. The van der Waals surface area contributed by atoms with Crippen molar-refractivity contribution in [1.29, 1.82) is 0 Å². The Balaban J connectivity index is 2.00. The average Bonchev–Trinajstić information content (AvgIpc) is 3.04. The predicted octanol–water partition coefficient (Wildman–Crippen LogP) is 3.00. The van der Waals surface area contributed by atoms with Crippen LogP contribution in [-0.4, -0.2) is 18.7 Å². The van der Waals surface area contributed by atoms with Crippen LogP contribution < -0.4 is 0 Å². The number of fused-ring (bicyclic) bond motifs is 1. The van der Waals surface area contributed by atoms with Crippen molar-refractivity contribution < 1.29 is 14.3 Å². The first-order valence-corrected chi connectivity index (χ1v) is 6.97. The first-order valence-electron chi connectivity index (χ1n) is 6.09. The Labute approximate surface area is 110 Å². The van der Waals surface area contributed by atoms with E-state index in [0.717, 1.165) is 11.3 Å². The minimum absolute atomic E-state index is 0.00139. The molecule has 1 aromatic heterocycles. The molecule has 1 aliphatic carbocycles. The molecule has 1 aliphatic heterocycles. The Morgan fingerprint density at radius 1 is 1.61 bits per heavy atom. The van der Waals surface area contributed by atoms with Crippen LogP contribution in [0, 0.1) is 5.92 Å². The molecule has 0 unspecified atom stereocenters. The van der Waals surface area contributed by atoms with E-state index in [1.807, 2.05) is 30.5 Å². The highest BCUT2D eigenvalue weighted by atomic mass is 32.1. The molecule has 1 aromatic rings. The van der Waals surface area contributed by atoms with Crippen LogP contribution in [0.5, 0.6) is 0 Å². The molecular weight excluding hydrogens is 248 g/mol. The van der Waals surface area contributed by atoms with E-state index in [1.54, 1.807) is 11.3 Å². The fraction of sp³-hybridized carbons (Fsp3) is 0.357. The molecule has 0 N–H and O–H groups in total. The number of thiophene rings is 1. The minimum atomic E-state index is -0.239. The number of carbonyl (C=O) groups is 1. The Morgan fingerprint density at radius 2 is 2.50 bits per heavy atom. The summed E-state index contributed by atoms with van der Waals surface area (Å²) in [5, 5.41) is 1.98. The largest absolute Gasteiger partial charge is 0.484 e. The summed E-state index contributed by atoms with van der Waals surface area (Å²) in [6.07, 6.45) is 4.96. The van der Waals surface area contributed by atoms with E-state index in [1.165, 1.54) is 0 Å². The normalized spacial score (nSPS) is 25.2. The van der Waals surface area contributed by atoms with Gasteiger partial charge in [-0.3, -0.25) is 0 Å². The van der Waals surface area contributed by atoms with Gasteiger partial charge in [0.15, 0.2) is 0 Å². The maximum Gasteiger partial charge on any atom is 0.338 e. The number of allylic oxidation sites excluding steroid dienone is 1. The fourth-order valence-corrected chi connectivity index (χ4v) is 3.18. The number of ether oxygens (including phenoxy) is 2. The third kappa shape index (κ3) is 1.77. The van der Waals surface area contributed by atoms with Crippen LogP contribution in [0.15, 0.2) is 35.2 Å². The summed E-state index contributed by atoms with van der Waals surface area (Å²) in [7, 11) is 0. The lowest BCUT2D eigenvalue weighted by molar-refractivity contribution is -0.139. The number of carbonyl (C=O) groups excluding carboxylic acids is 1. The Kier molecular flexibility index (Phi) is 2.96. The average molecular weight is 262 g/mol. The van der Waals surface area contributed by atoms with Gasteiger partial charge in [-0.2, -0.15) is 0 Å². The first-order chi connectivity index (χ1) is 8.81. The van der Waals surface area contributed by atoms with Crippen molar-refractivity contribution in [3.05, 3.63) is 40.1 Å². The van der Waals surface area contributed by atoms with E-state index in [4.69, 9.17) is 9.47 Å². The fourth-order valence-electron chi connectivity index (χ4n) is 2.45. The molecule has 0 aromatic carbocycles. The molecule has 0 saturated carbocycles. The smallest absolute Gasteiger partial charge is 0.338 e. The molecule has 0 amide bonds. The van der Waals surface area contributed by atoms with E-state index in [0.29, 0.717) is 17.9 Å². The maximum atomic E-state index is 12.1. The third-order valence-corrected chi connectivity index (χ3v) is 4.09. The van der Waals surface area contributed by atoms with E-state index >= 15 is 0 Å². The highest BCUT2D eigenvalue weighted by Crippen LogP contribution is 2.43. The molecule has 3 rings (SSSR count). The van der Waals surface area contributed by atoms with E-state index in [2.05, 4.69) is 6.08 Å². The van der Waals surface area contributed by atoms with Crippen molar-refractivity contribution in [2.45, 2.75) is 19.4 Å². The summed E-state index contributed by atoms with van der Waals surface area (Å²) >= 11 is 1.58. The lowest BCUT2D eigenvalue weighted by Crippen LogP contribution is -2.17. The molecule has 4 heteroatoms. The zero-order valence-corrected chi connectivity index (χ0v) is 10.9. The Bertz CT molecular complexity index is 513. The van der Waals surface area contributed by atoms with Crippen molar-refractivity contribution in [2.75, 3.05) is 6.61 Å². The minimum Gasteiger partial charge on any atom is -0.484 e. The van der Waals surface area contributed by atoms with Crippen LogP contribution in [0.1, 0.15) is 18.2 Å². The van der Waals surface area contributed by atoms with Crippen LogP contribution in [0.3, 0.4) is 0 Å². The summed E-state index contributed by atoms with van der Waals surface area (Å²) in [6.45, 7) is 2.22. The molecule has 94 valence electrons. The van der Waals surface area contributed by atoms with Gasteiger partial charge in [0.25, 0.3) is 0 Å². The van der Waals surface area contributed by atoms with Gasteiger partial charge < -0.3 is 9.47 Å². The molecule has 3 nitrogen and oxygen atoms in total. The van der Waals surface area contributed by atoms with Gasteiger partial charge >= 0.3 is 5.97 Å². The zero-order valence-electron chi connectivity index (χ0n) is 10.1. The second-order valence-electron chi connectivity index (χ2n) is 4.29. The number of rotatable bonds is 3. The predicted molar refractivity (Wildman–Crippen MR) is 70.0 cm³/mol. The van der Waals surface area contributed by atoms with E-state index in [-0.39, 0.29) is 18.0 Å². The van der Waals surface area contributed by atoms with E-state index in [9.17, 15) is 4.79 Å². The van der Waals surface area contributed by atoms with Crippen molar-refractivity contribution >= 4 is 23.1 Å². The van der Waals surface area contributed by atoms with Crippen molar-refractivity contribution in [3.8, 4) is 0 Å². The Hall–Kier alpha value is -1.55. The van der Waals surface area contributed by atoms with Crippen LogP contribution in [0.4, 0.5) is 0 Å². The molecule has 0 radical (unpaired) electrons. The molecular formula is C14H14O3S. The quantitative estimate of drug-likeness (QED) is 0.620. The summed E-state index contributed by atoms with van der Waals surface area (Å²) < 4.78 is 11.1. The monoisotopic (exact) mass is 262 g/mol. The van der Waals surface area contributed by atoms with Crippen molar-refractivity contribution in [1.82, 2.24) is 0 Å². The molecule has 2 atom stereocenters. The maximum absolute atomic E-state index is 12.1. The van der Waals surface area contributed by atoms with Gasteiger partial charge in [0.2, 0.25) is 0 Å². The van der Waals surface area contributed by atoms with Crippen LogP contribution in [0.25, 0.3) is 5.76 Å². The topological polar surface area (TPSA) is 35.5 Å². The van der Waals surface area contributed by atoms with Crippen LogP contribution in [0.2, 0.25) is 0 Å². The van der Waals surface area contributed by atoms with Crippen LogP contribution in [-0.2, 0) is 14.3 Å². The van der Waals surface area contributed by atoms with Gasteiger partial charge in [0.1, 0.15) is 11.9 Å². The number of hydrogen-bond donors (Lipinski definition) is 0. The second-order valence-corrected chi connectivity index (χ2v) is 5.24. The van der Waals surface area contributed by atoms with Crippen molar-refractivity contribution in [3.63, 3.8) is 0 Å². The van der Waals surface area contributed by atoms with Gasteiger partial charge in [-0.15, -0.1) is 11.3 Å². The van der Waals surface area contributed by atoms with Gasteiger partial charge in [-0.1, -0.05) is 12.1 Å². The highest BCUT2D eigenvalue weighted by Gasteiger charge is 2.42. The first kappa shape index (κ1) is 11.5. The number of hydrogen-bond acceptors (Lipinski definition) is 4. The van der Waals surface area contributed by atoms with Gasteiger partial charge in [-0.25, -0.2) is 4.79 Å².